The number of halogens is 1. The van der Waals surface area contributed by atoms with Gasteiger partial charge in [0.25, 0.3) is 0 Å². The fourth-order valence-corrected chi connectivity index (χ4v) is 2.50. The molecule has 0 fully saturated rings. The van der Waals surface area contributed by atoms with E-state index in [1.807, 2.05) is 0 Å². The fraction of sp³-hybridized carbons (Fsp3) is 0.294. The standard InChI is InChI=1S/C17H20FN7O3/c1-17(2,27)8-25-16(26)24(9-21-25)12-6-10(4-5-13(12)28-3)22-15-20-7-11(18)14(19)23-15/h4-7,9,27H,8H2,1-3H3,(H3,19,20,22,23). The normalized spacial score (nSPS) is 11.5. The molecule has 10 nitrogen and oxygen atoms in total. The van der Waals surface area contributed by atoms with E-state index in [9.17, 15) is 14.3 Å². The number of aromatic nitrogens is 5. The second kappa shape index (κ2) is 7.27. The minimum Gasteiger partial charge on any atom is -0.495 e. The molecule has 0 amide bonds. The summed E-state index contributed by atoms with van der Waals surface area (Å²) in [6.45, 7) is 3.19. The average Bonchev–Trinajstić information content (AvgIpc) is 2.97. The van der Waals surface area contributed by atoms with Gasteiger partial charge in [-0.2, -0.15) is 10.1 Å². The second-order valence-electron chi connectivity index (χ2n) is 6.69. The molecule has 0 unspecified atom stereocenters. The summed E-state index contributed by atoms with van der Waals surface area (Å²) in [6.07, 6.45) is 2.29. The highest BCUT2D eigenvalue weighted by atomic mass is 19.1. The van der Waals surface area contributed by atoms with Crippen molar-refractivity contribution < 1.29 is 14.2 Å². The first-order chi connectivity index (χ1) is 13.2. The first kappa shape index (κ1) is 19.3. The minimum absolute atomic E-state index is 0.0295. The number of nitrogens with two attached hydrogens (primary N) is 1. The summed E-state index contributed by atoms with van der Waals surface area (Å²) in [5, 5.41) is 16.9. The number of ether oxygens (including phenoxy) is 1. The van der Waals surface area contributed by atoms with Crippen LogP contribution in [-0.4, -0.2) is 42.1 Å². The predicted octanol–water partition coefficient (Wildman–Crippen LogP) is 1.07. The Morgan fingerprint density at radius 2 is 2.14 bits per heavy atom. The Morgan fingerprint density at radius 1 is 1.39 bits per heavy atom. The quantitative estimate of drug-likeness (QED) is 0.570. The highest BCUT2D eigenvalue weighted by Crippen LogP contribution is 2.26. The van der Waals surface area contributed by atoms with Gasteiger partial charge in [0.15, 0.2) is 11.6 Å². The Morgan fingerprint density at radius 3 is 2.79 bits per heavy atom. The van der Waals surface area contributed by atoms with Gasteiger partial charge in [0.05, 0.1) is 31.1 Å². The van der Waals surface area contributed by atoms with Gasteiger partial charge < -0.3 is 20.9 Å². The summed E-state index contributed by atoms with van der Waals surface area (Å²) in [5.74, 6) is -0.475. The monoisotopic (exact) mass is 389 g/mol. The number of rotatable bonds is 6. The Bertz CT molecular complexity index is 1060. The number of aliphatic hydroxyl groups is 1. The van der Waals surface area contributed by atoms with E-state index in [-0.39, 0.29) is 18.3 Å². The number of hydrogen-bond acceptors (Lipinski definition) is 8. The molecule has 0 bridgehead atoms. The lowest BCUT2D eigenvalue weighted by Gasteiger charge is -2.15. The van der Waals surface area contributed by atoms with Crippen LogP contribution < -0.4 is 21.5 Å². The van der Waals surface area contributed by atoms with E-state index in [2.05, 4.69) is 20.4 Å². The molecule has 0 aliphatic carbocycles. The van der Waals surface area contributed by atoms with Crippen LogP contribution in [0.25, 0.3) is 5.69 Å². The van der Waals surface area contributed by atoms with Gasteiger partial charge in [0.1, 0.15) is 12.1 Å². The number of nitrogens with zero attached hydrogens (tertiary/aromatic N) is 5. The number of nitrogen functional groups attached to an aromatic ring is 1. The van der Waals surface area contributed by atoms with Crippen LogP contribution in [0.4, 0.5) is 21.8 Å². The summed E-state index contributed by atoms with van der Waals surface area (Å²) in [7, 11) is 1.47. The lowest BCUT2D eigenvalue weighted by atomic mass is 10.1. The summed E-state index contributed by atoms with van der Waals surface area (Å²) in [5.41, 5.74) is 4.83. The van der Waals surface area contributed by atoms with Gasteiger partial charge in [-0.05, 0) is 32.0 Å². The molecule has 2 heterocycles. The summed E-state index contributed by atoms with van der Waals surface area (Å²) >= 11 is 0. The van der Waals surface area contributed by atoms with E-state index in [4.69, 9.17) is 10.5 Å². The third-order valence-electron chi connectivity index (χ3n) is 3.74. The molecule has 0 spiro atoms. The first-order valence-corrected chi connectivity index (χ1v) is 8.28. The number of hydrogen-bond donors (Lipinski definition) is 3. The molecule has 3 aromatic rings. The van der Waals surface area contributed by atoms with Crippen LogP contribution in [0.5, 0.6) is 5.75 Å². The fourth-order valence-electron chi connectivity index (χ4n) is 2.50. The van der Waals surface area contributed by atoms with E-state index in [1.165, 1.54) is 18.0 Å². The summed E-state index contributed by atoms with van der Waals surface area (Å²) < 4.78 is 21.0. The molecule has 3 rings (SSSR count). The first-order valence-electron chi connectivity index (χ1n) is 8.28. The Balaban J connectivity index is 1.98. The number of anilines is 3. The van der Waals surface area contributed by atoms with Gasteiger partial charge in [-0.15, -0.1) is 0 Å². The van der Waals surface area contributed by atoms with Crippen molar-refractivity contribution in [3.63, 3.8) is 0 Å². The Labute approximate surface area is 159 Å². The minimum atomic E-state index is -1.10. The molecule has 0 saturated heterocycles. The number of benzene rings is 1. The zero-order valence-corrected chi connectivity index (χ0v) is 15.5. The molecule has 0 aliphatic rings. The Kier molecular flexibility index (Phi) is 5.01. The topological polar surface area (TPSA) is 133 Å². The van der Waals surface area contributed by atoms with E-state index in [0.29, 0.717) is 17.1 Å². The SMILES string of the molecule is COc1ccc(Nc2ncc(F)c(N)n2)cc1-n1cnn(CC(C)(C)O)c1=O. The maximum atomic E-state index is 13.2. The highest BCUT2D eigenvalue weighted by molar-refractivity contribution is 5.62. The van der Waals surface area contributed by atoms with Gasteiger partial charge >= 0.3 is 5.69 Å². The molecule has 28 heavy (non-hydrogen) atoms. The smallest absolute Gasteiger partial charge is 0.350 e. The largest absolute Gasteiger partial charge is 0.495 e. The Hall–Kier alpha value is -3.47. The van der Waals surface area contributed by atoms with Crippen molar-refractivity contribution >= 4 is 17.5 Å². The summed E-state index contributed by atoms with van der Waals surface area (Å²) in [4.78, 5) is 20.3. The molecular weight excluding hydrogens is 369 g/mol. The molecule has 1 aromatic carbocycles. The van der Waals surface area contributed by atoms with Crippen LogP contribution in [0.3, 0.4) is 0 Å². The third-order valence-corrected chi connectivity index (χ3v) is 3.74. The third kappa shape index (κ3) is 4.09. The van der Waals surface area contributed by atoms with Crippen molar-refractivity contribution in [1.82, 2.24) is 24.3 Å². The highest BCUT2D eigenvalue weighted by Gasteiger charge is 2.19. The summed E-state index contributed by atoms with van der Waals surface area (Å²) in [6, 6.07) is 4.95. The van der Waals surface area contributed by atoms with Crippen molar-refractivity contribution in [2.75, 3.05) is 18.2 Å². The molecule has 0 radical (unpaired) electrons. The van der Waals surface area contributed by atoms with E-state index in [1.54, 1.807) is 32.0 Å². The van der Waals surface area contributed by atoms with Crippen molar-refractivity contribution in [3.05, 3.63) is 47.0 Å². The second-order valence-corrected chi connectivity index (χ2v) is 6.69. The van der Waals surface area contributed by atoms with Crippen LogP contribution in [0, 0.1) is 5.82 Å². The maximum Gasteiger partial charge on any atom is 0.350 e. The molecule has 4 N–H and O–H groups in total. The van der Waals surface area contributed by atoms with Crippen molar-refractivity contribution in [2.45, 2.75) is 26.0 Å². The van der Waals surface area contributed by atoms with E-state index >= 15 is 0 Å². The number of methoxy groups -OCH3 is 1. The van der Waals surface area contributed by atoms with Gasteiger partial charge in [0.2, 0.25) is 5.95 Å². The molecule has 0 saturated carbocycles. The van der Waals surface area contributed by atoms with Gasteiger partial charge in [-0.1, -0.05) is 0 Å². The van der Waals surface area contributed by atoms with Crippen LogP contribution >= 0.6 is 0 Å². The zero-order valence-electron chi connectivity index (χ0n) is 15.5. The van der Waals surface area contributed by atoms with Crippen molar-refractivity contribution in [3.8, 4) is 11.4 Å². The van der Waals surface area contributed by atoms with E-state index in [0.717, 1.165) is 10.9 Å². The van der Waals surface area contributed by atoms with E-state index < -0.39 is 17.1 Å². The average molecular weight is 389 g/mol. The molecule has 148 valence electrons. The van der Waals surface area contributed by atoms with Gasteiger partial charge in [-0.3, -0.25) is 0 Å². The van der Waals surface area contributed by atoms with Crippen LogP contribution in [0.1, 0.15) is 13.8 Å². The molecule has 2 aromatic heterocycles. The molecule has 11 heteroatoms. The number of nitrogens with one attached hydrogen (secondary N) is 1. The molecule has 0 atom stereocenters. The van der Waals surface area contributed by atoms with Gasteiger partial charge in [-0.25, -0.2) is 23.4 Å². The van der Waals surface area contributed by atoms with Crippen LogP contribution in [0.2, 0.25) is 0 Å². The van der Waals surface area contributed by atoms with Crippen molar-refractivity contribution in [1.29, 1.82) is 0 Å². The maximum absolute atomic E-state index is 13.2. The lowest BCUT2D eigenvalue weighted by Crippen LogP contribution is -2.34. The molecular formula is C17H20FN7O3. The van der Waals surface area contributed by atoms with Crippen LogP contribution in [-0.2, 0) is 6.54 Å². The molecule has 0 aliphatic heterocycles. The zero-order chi connectivity index (χ0) is 20.5. The van der Waals surface area contributed by atoms with Gasteiger partial charge in [0, 0.05) is 5.69 Å². The lowest BCUT2D eigenvalue weighted by molar-refractivity contribution is 0.0564. The predicted molar refractivity (Wildman–Crippen MR) is 100 cm³/mol. The van der Waals surface area contributed by atoms with Crippen molar-refractivity contribution in [2.24, 2.45) is 0 Å². The van der Waals surface area contributed by atoms with Crippen LogP contribution in [0.15, 0.2) is 35.5 Å².